The van der Waals surface area contributed by atoms with Crippen LogP contribution in [-0.2, 0) is 12.8 Å². The molecule has 0 nitrogen and oxygen atoms in total. The van der Waals surface area contributed by atoms with Crippen molar-refractivity contribution in [3.8, 4) is 0 Å². The molecule has 0 heterocycles. The van der Waals surface area contributed by atoms with Gasteiger partial charge in [0.05, 0.1) is 0 Å². The molecule has 0 atom stereocenters. The van der Waals surface area contributed by atoms with Crippen molar-refractivity contribution in [2.75, 3.05) is 0 Å². The molecule has 0 unspecified atom stereocenters. The zero-order valence-electron chi connectivity index (χ0n) is 11.7. The normalized spacial score (nSPS) is 11.0. The van der Waals surface area contributed by atoms with Crippen molar-refractivity contribution in [1.29, 1.82) is 0 Å². The minimum Gasteiger partial charge on any atom is -0.0654 e. The quantitative estimate of drug-likeness (QED) is 0.583. The maximum atomic E-state index is 2.32. The Kier molecular flexibility index (Phi) is 4.81. The van der Waals surface area contributed by atoms with E-state index in [1.54, 1.807) is 5.56 Å². The summed E-state index contributed by atoms with van der Waals surface area (Å²) in [5.74, 6) is 0. The van der Waals surface area contributed by atoms with Crippen LogP contribution in [0, 0.1) is 0 Å². The van der Waals surface area contributed by atoms with Crippen LogP contribution >= 0.6 is 0 Å². The summed E-state index contributed by atoms with van der Waals surface area (Å²) in [4.78, 5) is 0. The summed E-state index contributed by atoms with van der Waals surface area (Å²) in [6, 6.07) is 13.4. The molecule has 0 aliphatic rings. The highest BCUT2D eigenvalue weighted by molar-refractivity contribution is 5.86. The third-order valence-corrected chi connectivity index (χ3v) is 3.80. The predicted molar refractivity (Wildman–Crippen MR) is 81.2 cm³/mol. The molecule has 2 aromatic rings. The standard InChI is InChI=1S/C18H24/c1-3-5-6-7-11-17-15(4-2)13-14-16-10-8-9-12-18(16)17/h8-10,12-14H,3-7,11H2,1-2H3. The molecule has 0 aliphatic heterocycles. The summed E-state index contributed by atoms with van der Waals surface area (Å²) < 4.78 is 0. The number of unbranched alkanes of at least 4 members (excludes halogenated alkanes) is 3. The van der Waals surface area contributed by atoms with E-state index >= 15 is 0 Å². The van der Waals surface area contributed by atoms with Gasteiger partial charge in [-0.25, -0.2) is 0 Å². The lowest BCUT2D eigenvalue weighted by molar-refractivity contribution is 0.666. The number of fused-ring (bicyclic) bond motifs is 1. The fourth-order valence-corrected chi connectivity index (χ4v) is 2.74. The highest BCUT2D eigenvalue weighted by atomic mass is 14.1. The van der Waals surface area contributed by atoms with E-state index in [2.05, 4.69) is 50.2 Å². The Morgan fingerprint density at radius 2 is 1.67 bits per heavy atom. The number of hydrogen-bond acceptors (Lipinski definition) is 0. The first kappa shape index (κ1) is 13.1. The predicted octanol–water partition coefficient (Wildman–Crippen LogP) is 5.53. The van der Waals surface area contributed by atoms with E-state index in [0.717, 1.165) is 6.42 Å². The molecule has 0 aliphatic carbocycles. The maximum Gasteiger partial charge on any atom is -0.0149 e. The molecule has 2 rings (SSSR count). The Morgan fingerprint density at radius 1 is 0.833 bits per heavy atom. The largest absolute Gasteiger partial charge is 0.0654 e. The molecule has 0 aromatic heterocycles. The van der Waals surface area contributed by atoms with E-state index in [-0.39, 0.29) is 0 Å². The van der Waals surface area contributed by atoms with E-state index < -0.39 is 0 Å². The third kappa shape index (κ3) is 2.93. The monoisotopic (exact) mass is 240 g/mol. The van der Waals surface area contributed by atoms with Crippen molar-refractivity contribution in [3.05, 3.63) is 47.5 Å². The second-order valence-corrected chi connectivity index (χ2v) is 5.09. The lowest BCUT2D eigenvalue weighted by atomic mass is 9.93. The second-order valence-electron chi connectivity index (χ2n) is 5.09. The topological polar surface area (TPSA) is 0 Å². The van der Waals surface area contributed by atoms with Crippen LogP contribution in [0.2, 0.25) is 0 Å². The van der Waals surface area contributed by atoms with E-state index in [4.69, 9.17) is 0 Å². The van der Waals surface area contributed by atoms with Gasteiger partial charge in [0.25, 0.3) is 0 Å². The number of benzene rings is 2. The molecule has 0 saturated heterocycles. The molecule has 0 amide bonds. The van der Waals surface area contributed by atoms with Crippen LogP contribution in [0.1, 0.15) is 50.7 Å². The molecular weight excluding hydrogens is 216 g/mol. The third-order valence-electron chi connectivity index (χ3n) is 3.80. The molecule has 0 N–H and O–H groups in total. The SMILES string of the molecule is CCCCCCc1c(CC)ccc2ccccc12. The molecule has 0 spiro atoms. The van der Waals surface area contributed by atoms with Gasteiger partial charge >= 0.3 is 0 Å². The fraction of sp³-hybridized carbons (Fsp3) is 0.444. The molecule has 0 saturated carbocycles. The zero-order valence-corrected chi connectivity index (χ0v) is 11.7. The van der Waals surface area contributed by atoms with Crippen LogP contribution in [0.15, 0.2) is 36.4 Å². The Bertz CT molecular complexity index is 496. The Balaban J connectivity index is 2.27. The van der Waals surface area contributed by atoms with Gasteiger partial charge in [0, 0.05) is 0 Å². The molecule has 96 valence electrons. The van der Waals surface area contributed by atoms with Gasteiger partial charge in [-0.3, -0.25) is 0 Å². The van der Waals surface area contributed by atoms with Crippen molar-refractivity contribution in [2.45, 2.75) is 52.4 Å². The van der Waals surface area contributed by atoms with Crippen molar-refractivity contribution in [1.82, 2.24) is 0 Å². The van der Waals surface area contributed by atoms with Gasteiger partial charge in [-0.2, -0.15) is 0 Å². The van der Waals surface area contributed by atoms with E-state index in [0.29, 0.717) is 0 Å². The number of hydrogen-bond donors (Lipinski definition) is 0. The van der Waals surface area contributed by atoms with Gasteiger partial charge in [0.15, 0.2) is 0 Å². The van der Waals surface area contributed by atoms with Gasteiger partial charge in [-0.1, -0.05) is 69.5 Å². The van der Waals surface area contributed by atoms with Gasteiger partial charge in [0.1, 0.15) is 0 Å². The lowest BCUT2D eigenvalue weighted by Gasteiger charge is -2.12. The van der Waals surface area contributed by atoms with Crippen LogP contribution in [-0.4, -0.2) is 0 Å². The van der Waals surface area contributed by atoms with Crippen molar-refractivity contribution >= 4 is 10.8 Å². The first-order chi connectivity index (χ1) is 8.86. The molecule has 18 heavy (non-hydrogen) atoms. The van der Waals surface area contributed by atoms with Gasteiger partial charge in [-0.15, -0.1) is 0 Å². The highest BCUT2D eigenvalue weighted by Gasteiger charge is 2.05. The van der Waals surface area contributed by atoms with Crippen LogP contribution in [0.25, 0.3) is 10.8 Å². The summed E-state index contributed by atoms with van der Waals surface area (Å²) in [6.45, 7) is 4.54. The summed E-state index contributed by atoms with van der Waals surface area (Å²) in [7, 11) is 0. The van der Waals surface area contributed by atoms with Gasteiger partial charge < -0.3 is 0 Å². The minimum atomic E-state index is 1.15. The van der Waals surface area contributed by atoms with Crippen molar-refractivity contribution < 1.29 is 0 Å². The van der Waals surface area contributed by atoms with Gasteiger partial charge in [-0.05, 0) is 41.2 Å². The van der Waals surface area contributed by atoms with E-state index in [9.17, 15) is 0 Å². The van der Waals surface area contributed by atoms with E-state index in [1.807, 2.05) is 0 Å². The number of rotatable bonds is 6. The van der Waals surface area contributed by atoms with Crippen molar-refractivity contribution in [3.63, 3.8) is 0 Å². The first-order valence-corrected chi connectivity index (χ1v) is 7.36. The summed E-state index contributed by atoms with van der Waals surface area (Å²) in [5, 5.41) is 2.86. The van der Waals surface area contributed by atoms with Crippen molar-refractivity contribution in [2.24, 2.45) is 0 Å². The van der Waals surface area contributed by atoms with E-state index in [1.165, 1.54) is 48.4 Å². The second kappa shape index (κ2) is 6.58. The molecular formula is C18H24. The average Bonchev–Trinajstić information content (AvgIpc) is 2.43. The summed E-state index contributed by atoms with van der Waals surface area (Å²) in [6.07, 6.45) is 7.76. The zero-order chi connectivity index (χ0) is 12.8. The van der Waals surface area contributed by atoms with Gasteiger partial charge in [0.2, 0.25) is 0 Å². The van der Waals surface area contributed by atoms with Crippen LogP contribution < -0.4 is 0 Å². The minimum absolute atomic E-state index is 1.15. The molecule has 0 radical (unpaired) electrons. The molecule has 0 bridgehead atoms. The van der Waals surface area contributed by atoms with Crippen LogP contribution in [0.3, 0.4) is 0 Å². The molecule has 0 fully saturated rings. The average molecular weight is 240 g/mol. The maximum absolute atomic E-state index is 2.32. The van der Waals surface area contributed by atoms with Crippen LogP contribution in [0.4, 0.5) is 0 Å². The lowest BCUT2D eigenvalue weighted by Crippen LogP contribution is -1.95. The summed E-state index contributed by atoms with van der Waals surface area (Å²) >= 11 is 0. The molecule has 2 aromatic carbocycles. The first-order valence-electron chi connectivity index (χ1n) is 7.36. The molecule has 0 heteroatoms. The Hall–Kier alpha value is -1.30. The Labute approximate surface area is 111 Å². The number of aryl methyl sites for hydroxylation is 2. The fourth-order valence-electron chi connectivity index (χ4n) is 2.74. The smallest absolute Gasteiger partial charge is 0.0149 e. The van der Waals surface area contributed by atoms with Crippen LogP contribution in [0.5, 0.6) is 0 Å². The summed E-state index contributed by atoms with van der Waals surface area (Å²) in [5.41, 5.74) is 3.12. The highest BCUT2D eigenvalue weighted by Crippen LogP contribution is 2.25. The Morgan fingerprint density at radius 3 is 2.44 bits per heavy atom.